The SMILES string of the molecule is Cn1ncc2c(NCCc3ccc(O)cc3)nc(-c3ccc([N+](=O)[O-])o3)nc21. The zero-order valence-corrected chi connectivity index (χ0v) is 14.9. The second kappa shape index (κ2) is 6.99. The van der Waals surface area contributed by atoms with Gasteiger partial charge in [0.25, 0.3) is 0 Å². The predicted octanol–water partition coefficient (Wildman–Crippen LogP) is 2.89. The van der Waals surface area contributed by atoms with Gasteiger partial charge in [-0.3, -0.25) is 14.8 Å². The lowest BCUT2D eigenvalue weighted by atomic mass is 10.1. The number of aromatic nitrogens is 4. The molecule has 0 saturated carbocycles. The largest absolute Gasteiger partial charge is 0.508 e. The molecule has 28 heavy (non-hydrogen) atoms. The number of nitrogens with zero attached hydrogens (tertiary/aromatic N) is 5. The van der Waals surface area contributed by atoms with Crippen LogP contribution >= 0.6 is 0 Å². The number of hydrogen-bond donors (Lipinski definition) is 2. The van der Waals surface area contributed by atoms with Gasteiger partial charge in [0.15, 0.2) is 17.2 Å². The van der Waals surface area contributed by atoms with Crippen LogP contribution in [0.1, 0.15) is 5.56 Å². The van der Waals surface area contributed by atoms with Crippen molar-refractivity contribution in [2.24, 2.45) is 7.05 Å². The van der Waals surface area contributed by atoms with E-state index in [0.29, 0.717) is 24.4 Å². The van der Waals surface area contributed by atoms with Crippen LogP contribution in [0.5, 0.6) is 5.75 Å². The van der Waals surface area contributed by atoms with Gasteiger partial charge in [-0.25, -0.2) is 9.97 Å². The number of nitro groups is 1. The molecule has 142 valence electrons. The summed E-state index contributed by atoms with van der Waals surface area (Å²) < 4.78 is 6.83. The van der Waals surface area contributed by atoms with Gasteiger partial charge in [0.2, 0.25) is 0 Å². The van der Waals surface area contributed by atoms with Gasteiger partial charge < -0.3 is 14.8 Å². The number of benzene rings is 1. The number of fused-ring (bicyclic) bond motifs is 1. The van der Waals surface area contributed by atoms with Crippen LogP contribution in [0.3, 0.4) is 0 Å². The van der Waals surface area contributed by atoms with Gasteiger partial charge in [0.1, 0.15) is 16.5 Å². The molecule has 0 bridgehead atoms. The van der Waals surface area contributed by atoms with E-state index in [0.717, 1.165) is 10.9 Å². The Morgan fingerprint density at radius 3 is 2.71 bits per heavy atom. The summed E-state index contributed by atoms with van der Waals surface area (Å²) in [4.78, 5) is 19.1. The molecule has 0 atom stereocenters. The predicted molar refractivity (Wildman–Crippen MR) is 101 cm³/mol. The van der Waals surface area contributed by atoms with E-state index in [-0.39, 0.29) is 23.2 Å². The molecule has 0 radical (unpaired) electrons. The molecule has 10 nitrogen and oxygen atoms in total. The Morgan fingerprint density at radius 2 is 2.00 bits per heavy atom. The van der Waals surface area contributed by atoms with Crippen molar-refractivity contribution in [2.45, 2.75) is 6.42 Å². The zero-order chi connectivity index (χ0) is 19.7. The van der Waals surface area contributed by atoms with Crippen molar-refractivity contribution in [3.8, 4) is 17.3 Å². The molecule has 2 N–H and O–H groups in total. The number of hydrogen-bond acceptors (Lipinski definition) is 8. The number of anilines is 1. The molecule has 3 heterocycles. The van der Waals surface area contributed by atoms with E-state index in [1.54, 1.807) is 30.1 Å². The molecule has 0 saturated heterocycles. The highest BCUT2D eigenvalue weighted by Crippen LogP contribution is 2.28. The Morgan fingerprint density at radius 1 is 1.21 bits per heavy atom. The molecule has 4 rings (SSSR count). The van der Waals surface area contributed by atoms with Gasteiger partial charge in [-0.2, -0.15) is 5.10 Å². The summed E-state index contributed by atoms with van der Waals surface area (Å²) in [5.41, 5.74) is 1.64. The van der Waals surface area contributed by atoms with Crippen LogP contribution in [0.2, 0.25) is 0 Å². The number of furan rings is 1. The summed E-state index contributed by atoms with van der Waals surface area (Å²) in [6.45, 7) is 0.587. The molecule has 0 unspecified atom stereocenters. The van der Waals surface area contributed by atoms with Gasteiger partial charge in [-0.05, 0) is 30.2 Å². The van der Waals surface area contributed by atoms with Crippen molar-refractivity contribution < 1.29 is 14.4 Å². The Labute approximate surface area is 158 Å². The number of aromatic hydroxyl groups is 1. The third-order valence-electron chi connectivity index (χ3n) is 4.23. The van der Waals surface area contributed by atoms with E-state index in [2.05, 4.69) is 20.4 Å². The van der Waals surface area contributed by atoms with Gasteiger partial charge in [-0.15, -0.1) is 0 Å². The van der Waals surface area contributed by atoms with Gasteiger partial charge >= 0.3 is 5.88 Å². The van der Waals surface area contributed by atoms with Crippen LogP contribution in [-0.4, -0.2) is 36.3 Å². The fraction of sp³-hybridized carbons (Fsp3) is 0.167. The van der Waals surface area contributed by atoms with Crippen LogP contribution in [0, 0.1) is 10.1 Å². The highest BCUT2D eigenvalue weighted by atomic mass is 16.6. The monoisotopic (exact) mass is 380 g/mol. The van der Waals surface area contributed by atoms with E-state index in [1.165, 1.54) is 12.1 Å². The van der Waals surface area contributed by atoms with Crippen molar-refractivity contribution >= 4 is 22.7 Å². The number of phenols is 1. The quantitative estimate of drug-likeness (QED) is 0.385. The summed E-state index contributed by atoms with van der Waals surface area (Å²) in [5.74, 6) is 0.853. The first-order valence-electron chi connectivity index (χ1n) is 8.47. The minimum atomic E-state index is -0.608. The second-order valence-corrected chi connectivity index (χ2v) is 6.14. The first-order chi connectivity index (χ1) is 13.5. The summed E-state index contributed by atoms with van der Waals surface area (Å²) in [7, 11) is 1.75. The molecule has 3 aromatic heterocycles. The molecule has 0 amide bonds. The lowest BCUT2D eigenvalue weighted by molar-refractivity contribution is -0.401. The van der Waals surface area contributed by atoms with Crippen molar-refractivity contribution in [2.75, 3.05) is 11.9 Å². The lowest BCUT2D eigenvalue weighted by Gasteiger charge is -2.08. The Bertz CT molecular complexity index is 1150. The number of rotatable bonds is 6. The molecule has 0 spiro atoms. The van der Waals surface area contributed by atoms with Crippen molar-refractivity contribution in [3.05, 3.63) is 58.3 Å². The van der Waals surface area contributed by atoms with Crippen LogP contribution in [0.4, 0.5) is 11.7 Å². The average molecular weight is 380 g/mol. The Balaban J connectivity index is 1.62. The molecule has 1 aromatic carbocycles. The highest BCUT2D eigenvalue weighted by Gasteiger charge is 2.18. The number of phenolic OH excluding ortho intramolecular Hbond substituents is 1. The van der Waals surface area contributed by atoms with E-state index in [1.807, 2.05) is 12.1 Å². The van der Waals surface area contributed by atoms with Crippen molar-refractivity contribution in [1.29, 1.82) is 0 Å². The molecule has 0 aliphatic heterocycles. The fourth-order valence-electron chi connectivity index (χ4n) is 2.80. The zero-order valence-electron chi connectivity index (χ0n) is 14.9. The van der Waals surface area contributed by atoms with Gasteiger partial charge in [-0.1, -0.05) is 12.1 Å². The van der Waals surface area contributed by atoms with Gasteiger partial charge in [0, 0.05) is 13.6 Å². The van der Waals surface area contributed by atoms with Crippen LogP contribution in [0.25, 0.3) is 22.6 Å². The molecule has 0 fully saturated rings. The molecule has 0 aliphatic carbocycles. The minimum absolute atomic E-state index is 0.205. The first-order valence-corrected chi connectivity index (χ1v) is 8.47. The van der Waals surface area contributed by atoms with Crippen LogP contribution < -0.4 is 5.32 Å². The summed E-state index contributed by atoms with van der Waals surface area (Å²) in [5, 5.41) is 28.4. The molecule has 4 aromatic rings. The normalized spacial score (nSPS) is 11.0. The Kier molecular flexibility index (Phi) is 4.36. The smallest absolute Gasteiger partial charge is 0.433 e. The maximum atomic E-state index is 10.9. The number of aryl methyl sites for hydroxylation is 1. The second-order valence-electron chi connectivity index (χ2n) is 6.14. The molecule has 0 aliphatic rings. The fourth-order valence-corrected chi connectivity index (χ4v) is 2.80. The number of nitrogens with one attached hydrogen (secondary N) is 1. The maximum Gasteiger partial charge on any atom is 0.433 e. The first kappa shape index (κ1) is 17.5. The highest BCUT2D eigenvalue weighted by molar-refractivity contribution is 5.87. The molecule has 10 heteroatoms. The van der Waals surface area contributed by atoms with Crippen molar-refractivity contribution in [3.63, 3.8) is 0 Å². The third kappa shape index (κ3) is 3.34. The topological polar surface area (TPSA) is 132 Å². The average Bonchev–Trinajstić information content (AvgIpc) is 3.31. The van der Waals surface area contributed by atoms with Crippen molar-refractivity contribution in [1.82, 2.24) is 19.7 Å². The van der Waals surface area contributed by atoms with Crippen LogP contribution in [0.15, 0.2) is 47.0 Å². The minimum Gasteiger partial charge on any atom is -0.508 e. The lowest BCUT2D eigenvalue weighted by Crippen LogP contribution is -2.08. The van der Waals surface area contributed by atoms with Gasteiger partial charge in [0.05, 0.1) is 17.6 Å². The third-order valence-corrected chi connectivity index (χ3v) is 4.23. The van der Waals surface area contributed by atoms with Crippen LogP contribution in [-0.2, 0) is 13.5 Å². The summed E-state index contributed by atoms with van der Waals surface area (Å²) in [6, 6.07) is 9.72. The summed E-state index contributed by atoms with van der Waals surface area (Å²) in [6.07, 6.45) is 2.38. The molecular weight excluding hydrogens is 364 g/mol. The van der Waals surface area contributed by atoms with E-state index >= 15 is 0 Å². The van der Waals surface area contributed by atoms with E-state index in [4.69, 9.17) is 4.42 Å². The Hall–Kier alpha value is -3.95. The maximum absolute atomic E-state index is 10.9. The summed E-state index contributed by atoms with van der Waals surface area (Å²) >= 11 is 0. The molecular formula is C18H16N6O4. The van der Waals surface area contributed by atoms with E-state index < -0.39 is 4.92 Å². The van der Waals surface area contributed by atoms with E-state index in [9.17, 15) is 15.2 Å². The standard InChI is InChI=1S/C18H16N6O4/c1-23-18-13(10-20-23)16(19-9-8-11-2-4-12(25)5-3-11)21-17(22-18)14-6-7-15(28-14)24(26)27/h2-7,10,25H,8-9H2,1H3,(H,19,21,22).